The van der Waals surface area contributed by atoms with E-state index in [-0.39, 0.29) is 12.0 Å². The maximum Gasteiger partial charge on any atom is 0.249 e. The lowest BCUT2D eigenvalue weighted by Gasteiger charge is -2.10. The molecule has 1 aromatic rings. The second-order valence-electron chi connectivity index (χ2n) is 5.46. The second kappa shape index (κ2) is 8.05. The molecule has 110 valence electrons. The molecule has 1 atom stereocenters. The van der Waals surface area contributed by atoms with Gasteiger partial charge >= 0.3 is 0 Å². The molecule has 0 aromatic heterocycles. The molecule has 3 nitrogen and oxygen atoms in total. The molecule has 1 fully saturated rings. The van der Waals surface area contributed by atoms with Crippen LogP contribution in [0.1, 0.15) is 43.7 Å². The molecule has 3 heteroatoms. The first-order valence-corrected chi connectivity index (χ1v) is 7.76. The predicted molar refractivity (Wildman–Crippen MR) is 80.7 cm³/mol. The average molecular weight is 275 g/mol. The SMILES string of the molecule is CCCCc1ccc(CCNC(=O)C2CCCO2)cc1. The molecular formula is C17H25NO2. The second-order valence-corrected chi connectivity index (χ2v) is 5.46. The van der Waals surface area contributed by atoms with E-state index in [1.165, 1.54) is 24.0 Å². The summed E-state index contributed by atoms with van der Waals surface area (Å²) in [7, 11) is 0. The van der Waals surface area contributed by atoms with Crippen LogP contribution in [0.3, 0.4) is 0 Å². The zero-order valence-corrected chi connectivity index (χ0v) is 12.4. The van der Waals surface area contributed by atoms with Crippen molar-refractivity contribution in [2.75, 3.05) is 13.2 Å². The molecule has 1 aliphatic heterocycles. The van der Waals surface area contributed by atoms with E-state index < -0.39 is 0 Å². The quantitative estimate of drug-likeness (QED) is 0.831. The number of carbonyl (C=O) groups excluding carboxylic acids is 1. The Labute approximate surface area is 121 Å². The molecule has 0 bridgehead atoms. The van der Waals surface area contributed by atoms with Gasteiger partial charge in [0, 0.05) is 13.2 Å². The van der Waals surface area contributed by atoms with Gasteiger partial charge in [0.25, 0.3) is 0 Å². The zero-order chi connectivity index (χ0) is 14.2. The van der Waals surface area contributed by atoms with Crippen LogP contribution in [0.15, 0.2) is 24.3 Å². The highest BCUT2D eigenvalue weighted by Gasteiger charge is 2.22. The number of carbonyl (C=O) groups is 1. The molecule has 1 saturated heterocycles. The first-order chi connectivity index (χ1) is 9.79. The monoisotopic (exact) mass is 275 g/mol. The Morgan fingerprint density at radius 2 is 1.95 bits per heavy atom. The van der Waals surface area contributed by atoms with Crippen LogP contribution in [-0.2, 0) is 22.4 Å². The Kier molecular flexibility index (Phi) is 6.06. The van der Waals surface area contributed by atoms with Crippen molar-refractivity contribution in [2.45, 2.75) is 51.6 Å². The smallest absolute Gasteiger partial charge is 0.249 e. The van der Waals surface area contributed by atoms with Gasteiger partial charge in [0.2, 0.25) is 5.91 Å². The molecule has 1 aromatic carbocycles. The number of aryl methyl sites for hydroxylation is 1. The molecule has 1 unspecified atom stereocenters. The maximum atomic E-state index is 11.8. The average Bonchev–Trinajstić information content (AvgIpc) is 3.00. The zero-order valence-electron chi connectivity index (χ0n) is 12.4. The number of hydrogen-bond donors (Lipinski definition) is 1. The van der Waals surface area contributed by atoms with Crippen molar-refractivity contribution in [1.82, 2.24) is 5.32 Å². The first kappa shape index (κ1) is 15.0. The summed E-state index contributed by atoms with van der Waals surface area (Å²) < 4.78 is 5.36. The van der Waals surface area contributed by atoms with E-state index >= 15 is 0 Å². The highest BCUT2D eigenvalue weighted by Crippen LogP contribution is 2.12. The van der Waals surface area contributed by atoms with E-state index in [4.69, 9.17) is 4.74 Å². The van der Waals surface area contributed by atoms with Crippen LogP contribution in [0.5, 0.6) is 0 Å². The molecule has 20 heavy (non-hydrogen) atoms. The Hall–Kier alpha value is -1.35. The molecule has 1 heterocycles. The van der Waals surface area contributed by atoms with Crippen molar-refractivity contribution in [3.8, 4) is 0 Å². The van der Waals surface area contributed by atoms with Gasteiger partial charge in [0.05, 0.1) is 0 Å². The fourth-order valence-electron chi connectivity index (χ4n) is 2.48. The highest BCUT2D eigenvalue weighted by molar-refractivity contribution is 5.80. The minimum atomic E-state index is -0.216. The van der Waals surface area contributed by atoms with E-state index in [2.05, 4.69) is 36.5 Å². The normalized spacial score (nSPS) is 18.1. The fraction of sp³-hybridized carbons (Fsp3) is 0.588. The molecule has 1 amide bonds. The van der Waals surface area contributed by atoms with Gasteiger partial charge in [-0.2, -0.15) is 0 Å². The van der Waals surface area contributed by atoms with Crippen molar-refractivity contribution in [1.29, 1.82) is 0 Å². The van der Waals surface area contributed by atoms with Gasteiger partial charge in [-0.1, -0.05) is 37.6 Å². The summed E-state index contributed by atoms with van der Waals surface area (Å²) in [5.41, 5.74) is 2.68. The molecule has 0 aliphatic carbocycles. The molecular weight excluding hydrogens is 250 g/mol. The summed E-state index contributed by atoms with van der Waals surface area (Å²) in [6.45, 7) is 3.62. The van der Waals surface area contributed by atoms with Crippen molar-refractivity contribution in [3.05, 3.63) is 35.4 Å². The van der Waals surface area contributed by atoms with Crippen LogP contribution in [0.2, 0.25) is 0 Å². The molecule has 0 radical (unpaired) electrons. The van der Waals surface area contributed by atoms with Crippen molar-refractivity contribution in [3.63, 3.8) is 0 Å². The van der Waals surface area contributed by atoms with Gasteiger partial charge in [0.1, 0.15) is 6.10 Å². The van der Waals surface area contributed by atoms with Crippen molar-refractivity contribution in [2.24, 2.45) is 0 Å². The van der Waals surface area contributed by atoms with E-state index in [9.17, 15) is 4.79 Å². The Morgan fingerprint density at radius 3 is 2.55 bits per heavy atom. The molecule has 1 aliphatic rings. The largest absolute Gasteiger partial charge is 0.368 e. The number of nitrogens with one attached hydrogen (secondary N) is 1. The summed E-state index contributed by atoms with van der Waals surface area (Å²) in [4.78, 5) is 11.8. The van der Waals surface area contributed by atoms with Crippen LogP contribution in [0.25, 0.3) is 0 Å². The first-order valence-electron chi connectivity index (χ1n) is 7.76. The molecule has 0 spiro atoms. The Bertz CT molecular complexity index is 408. The number of rotatable bonds is 7. The number of ether oxygens (including phenoxy) is 1. The molecule has 0 saturated carbocycles. The third kappa shape index (κ3) is 4.64. The summed E-state index contributed by atoms with van der Waals surface area (Å²) in [5, 5.41) is 2.96. The Morgan fingerprint density at radius 1 is 1.25 bits per heavy atom. The van der Waals surface area contributed by atoms with Crippen LogP contribution >= 0.6 is 0 Å². The lowest BCUT2D eigenvalue weighted by molar-refractivity contribution is -0.129. The van der Waals surface area contributed by atoms with Gasteiger partial charge in [-0.05, 0) is 43.2 Å². The van der Waals surface area contributed by atoms with Crippen molar-refractivity contribution >= 4 is 5.91 Å². The molecule has 1 N–H and O–H groups in total. The van der Waals surface area contributed by atoms with Gasteiger partial charge in [-0.25, -0.2) is 0 Å². The van der Waals surface area contributed by atoms with Crippen LogP contribution < -0.4 is 5.32 Å². The lowest BCUT2D eigenvalue weighted by atomic mass is 10.0. The summed E-state index contributed by atoms with van der Waals surface area (Å²) in [6.07, 6.45) is 6.16. The van der Waals surface area contributed by atoms with E-state index in [1.807, 2.05) is 0 Å². The number of hydrogen-bond acceptors (Lipinski definition) is 2. The fourth-order valence-corrected chi connectivity index (χ4v) is 2.48. The standard InChI is InChI=1S/C17H25NO2/c1-2-3-5-14-7-9-15(10-8-14)11-12-18-17(19)16-6-4-13-20-16/h7-10,16H,2-6,11-13H2,1H3,(H,18,19). The number of unbranched alkanes of at least 4 members (excludes halogenated alkanes) is 1. The third-order valence-corrected chi connectivity index (χ3v) is 3.78. The summed E-state index contributed by atoms with van der Waals surface area (Å²) >= 11 is 0. The minimum Gasteiger partial charge on any atom is -0.368 e. The predicted octanol–water partition coefficient (Wildman–Crippen LogP) is 2.87. The summed E-state index contributed by atoms with van der Waals surface area (Å²) in [5.74, 6) is 0.0436. The number of benzene rings is 1. The van der Waals surface area contributed by atoms with Gasteiger partial charge in [-0.15, -0.1) is 0 Å². The summed E-state index contributed by atoms with van der Waals surface area (Å²) in [6, 6.07) is 8.74. The Balaban J connectivity index is 1.69. The third-order valence-electron chi connectivity index (χ3n) is 3.78. The van der Waals surface area contributed by atoms with Crippen molar-refractivity contribution < 1.29 is 9.53 Å². The van der Waals surface area contributed by atoms with Crippen LogP contribution in [0, 0.1) is 0 Å². The van der Waals surface area contributed by atoms with Gasteiger partial charge in [-0.3, -0.25) is 4.79 Å². The topological polar surface area (TPSA) is 38.3 Å². The van der Waals surface area contributed by atoms with E-state index in [0.29, 0.717) is 6.54 Å². The van der Waals surface area contributed by atoms with Gasteiger partial charge < -0.3 is 10.1 Å². The van der Waals surface area contributed by atoms with Crippen LogP contribution in [-0.4, -0.2) is 25.2 Å². The minimum absolute atomic E-state index is 0.0436. The van der Waals surface area contributed by atoms with Gasteiger partial charge in [0.15, 0.2) is 0 Å². The van der Waals surface area contributed by atoms with E-state index in [0.717, 1.165) is 32.3 Å². The highest BCUT2D eigenvalue weighted by atomic mass is 16.5. The van der Waals surface area contributed by atoms with E-state index in [1.54, 1.807) is 0 Å². The van der Waals surface area contributed by atoms with Crippen LogP contribution in [0.4, 0.5) is 0 Å². The molecule has 2 rings (SSSR count). The lowest BCUT2D eigenvalue weighted by Crippen LogP contribution is -2.35. The number of amides is 1. The maximum absolute atomic E-state index is 11.8.